The number of aliphatic carboxylic acids is 1. The van der Waals surface area contributed by atoms with Crippen LogP contribution in [-0.4, -0.2) is 55.4 Å². The summed E-state index contributed by atoms with van der Waals surface area (Å²) >= 11 is 0. The number of carboxylic acid groups (broad SMARTS) is 1. The standard InChI is InChI=1S/C32H36N4O8/c1-20(2)15-26(31(40)35-25(17-30(38)39)21-9-14-27-28(16-21)44-19-43-27)34-29(37)18-42-24-12-10-22(11-13-24)33-32(41)36(3)23-7-5-4-6-8-23/h4-14,16,20,25-26H,15,17-19H2,1-3H3,(H,33,41)(H,34,37)(H,35,40)(H,38,39). The average Bonchev–Trinajstić information content (AvgIpc) is 3.48. The van der Waals surface area contributed by atoms with Crippen LogP contribution in [0.15, 0.2) is 72.8 Å². The van der Waals surface area contributed by atoms with E-state index in [2.05, 4.69) is 16.0 Å². The summed E-state index contributed by atoms with van der Waals surface area (Å²) in [5, 5.41) is 17.7. The lowest BCUT2D eigenvalue weighted by atomic mass is 10.00. The van der Waals surface area contributed by atoms with Gasteiger partial charge in [0.15, 0.2) is 18.1 Å². The number of hydrogen-bond acceptors (Lipinski definition) is 7. The summed E-state index contributed by atoms with van der Waals surface area (Å²) in [7, 11) is 1.66. The first-order valence-corrected chi connectivity index (χ1v) is 14.1. The van der Waals surface area contributed by atoms with Crippen molar-refractivity contribution < 1.29 is 38.5 Å². The molecule has 4 rings (SSSR count). The molecule has 3 aromatic carbocycles. The molecule has 0 spiro atoms. The normalized spacial score (nSPS) is 13.0. The molecule has 12 nitrogen and oxygen atoms in total. The van der Waals surface area contributed by atoms with Crippen LogP contribution in [0.5, 0.6) is 17.2 Å². The van der Waals surface area contributed by atoms with Gasteiger partial charge in [0.05, 0.1) is 12.5 Å². The Morgan fingerprint density at radius 1 is 0.932 bits per heavy atom. The number of hydrogen-bond donors (Lipinski definition) is 4. The highest BCUT2D eigenvalue weighted by Gasteiger charge is 2.27. The van der Waals surface area contributed by atoms with Crippen molar-refractivity contribution in [3.05, 3.63) is 78.4 Å². The number of nitrogens with one attached hydrogen (secondary N) is 3. The summed E-state index contributed by atoms with van der Waals surface area (Å²) < 4.78 is 16.3. The lowest BCUT2D eigenvalue weighted by Gasteiger charge is -2.24. The minimum atomic E-state index is -1.10. The maximum Gasteiger partial charge on any atom is 0.326 e. The van der Waals surface area contributed by atoms with Gasteiger partial charge in [0.1, 0.15) is 11.8 Å². The highest BCUT2D eigenvalue weighted by atomic mass is 16.7. The lowest BCUT2D eigenvalue weighted by molar-refractivity contribution is -0.138. The molecule has 232 valence electrons. The Hall–Kier alpha value is -5.26. The van der Waals surface area contributed by atoms with Gasteiger partial charge in [-0.15, -0.1) is 0 Å². The van der Waals surface area contributed by atoms with Gasteiger partial charge in [-0.25, -0.2) is 4.79 Å². The Balaban J connectivity index is 1.32. The largest absolute Gasteiger partial charge is 0.484 e. The quantitative estimate of drug-likeness (QED) is 0.225. The van der Waals surface area contributed by atoms with E-state index in [1.54, 1.807) is 49.5 Å². The summed E-state index contributed by atoms with van der Waals surface area (Å²) in [6.07, 6.45) is -0.0415. The minimum absolute atomic E-state index is 0.0547. The lowest BCUT2D eigenvalue weighted by Crippen LogP contribution is -2.49. The van der Waals surface area contributed by atoms with Crippen molar-refractivity contribution in [1.82, 2.24) is 10.6 Å². The number of ether oxygens (including phenoxy) is 3. The molecule has 1 aliphatic rings. The first-order valence-electron chi connectivity index (χ1n) is 14.1. The van der Waals surface area contributed by atoms with E-state index in [4.69, 9.17) is 14.2 Å². The molecule has 0 saturated heterocycles. The molecule has 0 bridgehead atoms. The van der Waals surface area contributed by atoms with Crippen LogP contribution in [0, 0.1) is 5.92 Å². The fraction of sp³-hybridized carbons (Fsp3) is 0.312. The van der Waals surface area contributed by atoms with Crippen LogP contribution in [0.4, 0.5) is 16.2 Å². The van der Waals surface area contributed by atoms with Gasteiger partial charge in [0.25, 0.3) is 5.91 Å². The molecule has 44 heavy (non-hydrogen) atoms. The number of anilines is 2. The van der Waals surface area contributed by atoms with Crippen molar-refractivity contribution in [2.24, 2.45) is 5.92 Å². The van der Waals surface area contributed by atoms with Crippen LogP contribution in [-0.2, 0) is 14.4 Å². The molecule has 4 amide bonds. The zero-order chi connectivity index (χ0) is 31.6. The Morgan fingerprint density at radius 3 is 2.32 bits per heavy atom. The summed E-state index contributed by atoms with van der Waals surface area (Å²) in [5.74, 6) is -0.690. The van der Waals surface area contributed by atoms with Gasteiger partial charge in [0, 0.05) is 18.4 Å². The van der Waals surface area contributed by atoms with Crippen LogP contribution >= 0.6 is 0 Å². The van der Waals surface area contributed by atoms with E-state index in [1.165, 1.54) is 4.90 Å². The van der Waals surface area contributed by atoms with Crippen molar-refractivity contribution in [1.29, 1.82) is 0 Å². The number of benzene rings is 3. The van der Waals surface area contributed by atoms with E-state index in [9.17, 15) is 24.3 Å². The molecule has 2 unspecified atom stereocenters. The van der Waals surface area contributed by atoms with Gasteiger partial charge < -0.3 is 35.3 Å². The molecule has 12 heteroatoms. The smallest absolute Gasteiger partial charge is 0.326 e. The predicted octanol–water partition coefficient (Wildman–Crippen LogP) is 4.33. The molecule has 3 aromatic rings. The first-order chi connectivity index (χ1) is 21.1. The van der Waals surface area contributed by atoms with Crippen LogP contribution in [0.25, 0.3) is 0 Å². The van der Waals surface area contributed by atoms with Gasteiger partial charge >= 0.3 is 12.0 Å². The second-order valence-corrected chi connectivity index (χ2v) is 10.7. The molecule has 1 heterocycles. The molecule has 0 radical (unpaired) electrons. The van der Waals surface area contributed by atoms with Gasteiger partial charge in [-0.2, -0.15) is 0 Å². The van der Waals surface area contributed by atoms with Crippen LogP contribution in [0.2, 0.25) is 0 Å². The van der Waals surface area contributed by atoms with E-state index < -0.39 is 29.9 Å². The van der Waals surface area contributed by atoms with Crippen molar-refractivity contribution >= 4 is 35.2 Å². The molecule has 0 aromatic heterocycles. The topological polar surface area (TPSA) is 156 Å². The molecule has 0 fully saturated rings. The molecular formula is C32H36N4O8. The number of rotatable bonds is 13. The Labute approximate surface area is 255 Å². The summed E-state index contributed by atoms with van der Waals surface area (Å²) in [6, 6.07) is 18.6. The number of carbonyl (C=O) groups excluding carboxylic acids is 3. The summed E-state index contributed by atoms with van der Waals surface area (Å²) in [4.78, 5) is 51.7. The van der Waals surface area contributed by atoms with E-state index >= 15 is 0 Å². The van der Waals surface area contributed by atoms with Gasteiger partial charge in [0.2, 0.25) is 12.7 Å². The predicted molar refractivity (Wildman–Crippen MR) is 163 cm³/mol. The number of nitrogens with zero attached hydrogens (tertiary/aromatic N) is 1. The van der Waals surface area contributed by atoms with E-state index in [-0.39, 0.29) is 31.8 Å². The Kier molecular flexibility index (Phi) is 10.6. The monoisotopic (exact) mass is 604 g/mol. The molecule has 1 aliphatic heterocycles. The van der Waals surface area contributed by atoms with Gasteiger partial charge in [-0.3, -0.25) is 19.3 Å². The minimum Gasteiger partial charge on any atom is -0.484 e. The van der Waals surface area contributed by atoms with Crippen LogP contribution < -0.4 is 35.1 Å². The first kappa shape index (κ1) is 31.7. The average molecular weight is 605 g/mol. The van der Waals surface area contributed by atoms with Crippen LogP contribution in [0.1, 0.15) is 38.3 Å². The number of para-hydroxylation sites is 1. The third kappa shape index (κ3) is 8.87. The van der Waals surface area contributed by atoms with E-state index in [0.29, 0.717) is 34.9 Å². The molecule has 0 saturated carbocycles. The zero-order valence-electron chi connectivity index (χ0n) is 24.7. The maximum atomic E-state index is 13.3. The fourth-order valence-electron chi connectivity index (χ4n) is 4.53. The zero-order valence-corrected chi connectivity index (χ0v) is 24.7. The highest BCUT2D eigenvalue weighted by Crippen LogP contribution is 2.35. The van der Waals surface area contributed by atoms with Crippen molar-refractivity contribution in [3.8, 4) is 17.2 Å². The van der Waals surface area contributed by atoms with Gasteiger partial charge in [-0.05, 0) is 66.4 Å². The maximum absolute atomic E-state index is 13.3. The van der Waals surface area contributed by atoms with Crippen molar-refractivity contribution in [2.45, 2.75) is 38.8 Å². The molecule has 0 aliphatic carbocycles. The number of carbonyl (C=O) groups is 4. The third-order valence-electron chi connectivity index (χ3n) is 6.78. The number of carboxylic acids is 1. The second-order valence-electron chi connectivity index (χ2n) is 10.7. The van der Waals surface area contributed by atoms with Crippen molar-refractivity contribution in [3.63, 3.8) is 0 Å². The summed E-state index contributed by atoms with van der Waals surface area (Å²) in [6.45, 7) is 3.53. The van der Waals surface area contributed by atoms with Crippen LogP contribution in [0.3, 0.4) is 0 Å². The number of urea groups is 1. The number of fused-ring (bicyclic) bond motifs is 1. The third-order valence-corrected chi connectivity index (χ3v) is 6.78. The molecule has 4 N–H and O–H groups in total. The van der Waals surface area contributed by atoms with Crippen molar-refractivity contribution in [2.75, 3.05) is 30.7 Å². The molecular weight excluding hydrogens is 568 g/mol. The van der Waals surface area contributed by atoms with Gasteiger partial charge in [-0.1, -0.05) is 38.1 Å². The van der Waals surface area contributed by atoms with E-state index in [1.807, 2.05) is 44.2 Å². The molecule has 2 atom stereocenters. The highest BCUT2D eigenvalue weighted by molar-refractivity contribution is 6.01. The number of amides is 4. The second kappa shape index (κ2) is 14.8. The fourth-order valence-corrected chi connectivity index (χ4v) is 4.53. The Bertz CT molecular complexity index is 1460. The van der Waals surface area contributed by atoms with E-state index in [0.717, 1.165) is 5.69 Å². The Morgan fingerprint density at radius 2 is 1.64 bits per heavy atom. The SMILES string of the molecule is CC(C)CC(NC(=O)COc1ccc(NC(=O)N(C)c2ccccc2)cc1)C(=O)NC(CC(=O)O)c1ccc2c(c1)OCO2. The summed E-state index contributed by atoms with van der Waals surface area (Å²) in [5.41, 5.74) is 1.82.